The highest BCUT2D eigenvalue weighted by Gasteiger charge is 2.17. The highest BCUT2D eigenvalue weighted by atomic mass is 32.2. The zero-order valence-corrected chi connectivity index (χ0v) is 8.30. The summed E-state index contributed by atoms with van der Waals surface area (Å²) in [4.78, 5) is 4.21. The molecule has 0 bridgehead atoms. The van der Waals surface area contributed by atoms with E-state index in [1.165, 1.54) is 11.5 Å². The first-order valence-corrected chi connectivity index (χ1v) is 5.38. The van der Waals surface area contributed by atoms with Crippen LogP contribution in [0.25, 0.3) is 0 Å². The van der Waals surface area contributed by atoms with Crippen LogP contribution in [-0.4, -0.2) is 29.6 Å². The summed E-state index contributed by atoms with van der Waals surface area (Å²) in [5.41, 5.74) is 0. The molecule has 1 saturated heterocycles. The van der Waals surface area contributed by atoms with Crippen LogP contribution in [0.5, 0.6) is 5.75 Å². The third kappa shape index (κ3) is 2.06. The molecule has 1 fully saturated rings. The van der Waals surface area contributed by atoms with Gasteiger partial charge in [0.1, 0.15) is 11.6 Å². The van der Waals surface area contributed by atoms with Crippen molar-refractivity contribution < 1.29 is 4.74 Å². The number of hydrogen-bond donors (Lipinski definition) is 1. The van der Waals surface area contributed by atoms with Gasteiger partial charge >= 0.3 is 0 Å². The fourth-order valence-corrected chi connectivity index (χ4v) is 1.78. The average Bonchev–Trinajstić information content (AvgIpc) is 2.12. The van der Waals surface area contributed by atoms with Gasteiger partial charge in [0.05, 0.1) is 7.11 Å². The molecule has 0 spiro atoms. The summed E-state index contributed by atoms with van der Waals surface area (Å²) < 4.78 is 5.10. The Morgan fingerprint density at radius 1 is 1.62 bits per heavy atom. The number of nitrogens with one attached hydrogen (secondary N) is 1. The number of rotatable bonds is 3. The number of nitrogens with zero attached hydrogens (tertiary/aromatic N) is 1. The van der Waals surface area contributed by atoms with E-state index in [2.05, 4.69) is 10.3 Å². The van der Waals surface area contributed by atoms with Crippen LogP contribution >= 0.6 is 11.8 Å². The lowest BCUT2D eigenvalue weighted by atomic mass is 10.3. The minimum Gasteiger partial charge on any atom is -0.497 e. The maximum Gasteiger partial charge on any atom is 0.129 e. The molecule has 4 heteroatoms. The Bertz CT molecular complexity index is 289. The average molecular weight is 196 g/mol. The van der Waals surface area contributed by atoms with Crippen LogP contribution in [0.4, 0.5) is 5.82 Å². The summed E-state index contributed by atoms with van der Waals surface area (Å²) in [5, 5.41) is 3.34. The Morgan fingerprint density at radius 3 is 3.08 bits per heavy atom. The van der Waals surface area contributed by atoms with Crippen molar-refractivity contribution in [2.24, 2.45) is 0 Å². The Labute approximate surface area is 81.9 Å². The maximum atomic E-state index is 5.10. The van der Waals surface area contributed by atoms with Gasteiger partial charge in [-0.25, -0.2) is 4.98 Å². The van der Waals surface area contributed by atoms with Crippen molar-refractivity contribution in [3.8, 4) is 5.75 Å². The summed E-state index contributed by atoms with van der Waals surface area (Å²) >= 11 is 1.95. The number of anilines is 1. The van der Waals surface area contributed by atoms with Crippen LogP contribution in [0.1, 0.15) is 0 Å². The highest BCUT2D eigenvalue weighted by molar-refractivity contribution is 8.00. The minimum absolute atomic E-state index is 0.588. The van der Waals surface area contributed by atoms with Gasteiger partial charge in [-0.3, -0.25) is 0 Å². The van der Waals surface area contributed by atoms with Crippen molar-refractivity contribution in [2.45, 2.75) is 6.04 Å². The lowest BCUT2D eigenvalue weighted by Gasteiger charge is -2.26. The van der Waals surface area contributed by atoms with E-state index in [0.717, 1.165) is 11.6 Å². The molecule has 1 N–H and O–H groups in total. The lowest BCUT2D eigenvalue weighted by molar-refractivity contribution is 0.414. The molecule has 0 radical (unpaired) electrons. The van der Waals surface area contributed by atoms with E-state index in [4.69, 9.17) is 4.74 Å². The van der Waals surface area contributed by atoms with Crippen LogP contribution in [0.15, 0.2) is 18.3 Å². The van der Waals surface area contributed by atoms with Crippen LogP contribution in [0.2, 0.25) is 0 Å². The molecule has 1 aliphatic heterocycles. The third-order valence-corrected chi connectivity index (χ3v) is 3.23. The van der Waals surface area contributed by atoms with E-state index < -0.39 is 0 Å². The fraction of sp³-hybridized carbons (Fsp3) is 0.444. The summed E-state index contributed by atoms with van der Waals surface area (Å²) in [6.45, 7) is 0. The molecule has 3 nitrogen and oxygen atoms in total. The van der Waals surface area contributed by atoms with Crippen molar-refractivity contribution in [1.82, 2.24) is 4.98 Å². The van der Waals surface area contributed by atoms with Crippen molar-refractivity contribution in [3.05, 3.63) is 18.3 Å². The number of aromatic nitrogens is 1. The van der Waals surface area contributed by atoms with Crippen LogP contribution in [0.3, 0.4) is 0 Å². The van der Waals surface area contributed by atoms with Gasteiger partial charge in [-0.05, 0) is 6.07 Å². The number of ether oxygens (including phenoxy) is 1. The highest BCUT2D eigenvalue weighted by Crippen LogP contribution is 2.22. The van der Waals surface area contributed by atoms with Crippen LogP contribution in [0, 0.1) is 0 Å². The van der Waals surface area contributed by atoms with Gasteiger partial charge in [-0.2, -0.15) is 11.8 Å². The number of pyridine rings is 1. The van der Waals surface area contributed by atoms with Gasteiger partial charge in [0.25, 0.3) is 0 Å². The van der Waals surface area contributed by atoms with Crippen LogP contribution in [-0.2, 0) is 0 Å². The molecule has 0 unspecified atom stereocenters. The van der Waals surface area contributed by atoms with E-state index in [9.17, 15) is 0 Å². The summed E-state index contributed by atoms with van der Waals surface area (Å²) in [7, 11) is 1.66. The normalized spacial score (nSPS) is 16.4. The smallest absolute Gasteiger partial charge is 0.129 e. The lowest BCUT2D eigenvalue weighted by Crippen LogP contribution is -2.33. The molecule has 0 aromatic carbocycles. The predicted molar refractivity (Wildman–Crippen MR) is 55.5 cm³/mol. The van der Waals surface area contributed by atoms with Gasteiger partial charge in [-0.1, -0.05) is 0 Å². The van der Waals surface area contributed by atoms with Gasteiger partial charge in [-0.15, -0.1) is 0 Å². The second-order valence-corrected chi connectivity index (χ2v) is 4.03. The Hall–Kier alpha value is -0.900. The van der Waals surface area contributed by atoms with Crippen molar-refractivity contribution in [1.29, 1.82) is 0 Å². The second-order valence-electron chi connectivity index (χ2n) is 2.96. The molecule has 1 aliphatic rings. The number of hydrogen-bond acceptors (Lipinski definition) is 4. The zero-order chi connectivity index (χ0) is 9.10. The summed E-state index contributed by atoms with van der Waals surface area (Å²) in [6, 6.07) is 4.36. The standard InChI is InChI=1S/C9H12N2OS/c1-12-8-2-3-10-9(4-8)11-7-5-13-6-7/h2-4,7H,5-6H2,1H3,(H,10,11). The SMILES string of the molecule is COc1ccnc(NC2CSC2)c1. The molecule has 0 atom stereocenters. The molecule has 0 aliphatic carbocycles. The molecule has 1 aromatic rings. The summed E-state index contributed by atoms with van der Waals surface area (Å²) in [5.74, 6) is 4.12. The molecule has 2 rings (SSSR count). The van der Waals surface area contributed by atoms with Crippen molar-refractivity contribution in [2.75, 3.05) is 23.9 Å². The predicted octanol–water partition coefficient (Wildman–Crippen LogP) is 1.62. The first kappa shape index (κ1) is 8.69. The van der Waals surface area contributed by atoms with E-state index in [1.54, 1.807) is 13.3 Å². The first-order valence-electron chi connectivity index (χ1n) is 4.23. The maximum absolute atomic E-state index is 5.10. The minimum atomic E-state index is 0.588. The molecule has 70 valence electrons. The molecule has 1 aromatic heterocycles. The quantitative estimate of drug-likeness (QED) is 0.796. The van der Waals surface area contributed by atoms with E-state index in [0.29, 0.717) is 6.04 Å². The summed E-state index contributed by atoms with van der Waals surface area (Å²) in [6.07, 6.45) is 1.76. The molecule has 0 amide bonds. The van der Waals surface area contributed by atoms with E-state index in [1.807, 2.05) is 23.9 Å². The van der Waals surface area contributed by atoms with Gasteiger partial charge in [0.15, 0.2) is 0 Å². The fourth-order valence-electron chi connectivity index (χ4n) is 1.15. The Morgan fingerprint density at radius 2 is 2.46 bits per heavy atom. The molecule has 2 heterocycles. The second kappa shape index (κ2) is 3.87. The molecule has 0 saturated carbocycles. The third-order valence-electron chi connectivity index (χ3n) is 1.96. The van der Waals surface area contributed by atoms with E-state index >= 15 is 0 Å². The van der Waals surface area contributed by atoms with Crippen molar-refractivity contribution >= 4 is 17.6 Å². The molecular weight excluding hydrogens is 184 g/mol. The van der Waals surface area contributed by atoms with Gasteiger partial charge in [0.2, 0.25) is 0 Å². The zero-order valence-electron chi connectivity index (χ0n) is 7.49. The monoisotopic (exact) mass is 196 g/mol. The topological polar surface area (TPSA) is 34.1 Å². The Kier molecular flexibility index (Phi) is 2.59. The first-order chi connectivity index (χ1) is 6.38. The number of thioether (sulfide) groups is 1. The van der Waals surface area contributed by atoms with E-state index in [-0.39, 0.29) is 0 Å². The largest absolute Gasteiger partial charge is 0.497 e. The Balaban J connectivity index is 2.01. The molecule has 13 heavy (non-hydrogen) atoms. The van der Waals surface area contributed by atoms with Gasteiger partial charge < -0.3 is 10.1 Å². The van der Waals surface area contributed by atoms with Crippen LogP contribution < -0.4 is 10.1 Å². The van der Waals surface area contributed by atoms with Crippen molar-refractivity contribution in [3.63, 3.8) is 0 Å². The van der Waals surface area contributed by atoms with Gasteiger partial charge in [0, 0.05) is 29.8 Å². The molecular formula is C9H12N2OS. The number of methoxy groups -OCH3 is 1.